The molecule has 0 aliphatic rings. The third-order valence-corrected chi connectivity index (χ3v) is 6.86. The van der Waals surface area contributed by atoms with Gasteiger partial charge in [0.2, 0.25) is 0 Å². The average molecular weight is 453 g/mol. The Hall–Kier alpha value is -3.26. The van der Waals surface area contributed by atoms with Crippen molar-refractivity contribution in [1.29, 1.82) is 0 Å². The van der Waals surface area contributed by atoms with E-state index in [1.165, 1.54) is 27.8 Å². The minimum atomic E-state index is -0.179. The van der Waals surface area contributed by atoms with E-state index in [1.807, 2.05) is 0 Å². The fraction of sp³-hybridized carbons (Fsp3) is 0.312. The van der Waals surface area contributed by atoms with Gasteiger partial charge < -0.3 is 11.5 Å². The maximum absolute atomic E-state index is 7.03. The Bertz CT molecular complexity index is 1060. The van der Waals surface area contributed by atoms with Crippen LogP contribution in [0.4, 0.5) is 0 Å². The second-order valence-corrected chi connectivity index (χ2v) is 9.02. The van der Waals surface area contributed by atoms with E-state index in [4.69, 9.17) is 11.5 Å². The lowest BCUT2D eigenvalue weighted by atomic mass is 9.83. The zero-order valence-corrected chi connectivity index (χ0v) is 21.5. The van der Waals surface area contributed by atoms with E-state index in [-0.39, 0.29) is 5.92 Å². The summed E-state index contributed by atoms with van der Waals surface area (Å²) in [6.45, 7) is 10.8. The van der Waals surface area contributed by atoms with Gasteiger partial charge in [0.1, 0.15) is 0 Å². The molecule has 0 aliphatic carbocycles. The van der Waals surface area contributed by atoms with Crippen molar-refractivity contribution >= 4 is 11.1 Å². The molecule has 2 heteroatoms. The van der Waals surface area contributed by atoms with Crippen molar-refractivity contribution in [2.75, 3.05) is 0 Å². The largest absolute Gasteiger partial charge is 0.401 e. The second-order valence-electron chi connectivity index (χ2n) is 9.02. The van der Waals surface area contributed by atoms with E-state index < -0.39 is 0 Å². The molecule has 3 aromatic carbocycles. The van der Waals surface area contributed by atoms with Gasteiger partial charge in [-0.3, -0.25) is 0 Å². The van der Waals surface area contributed by atoms with Crippen molar-refractivity contribution in [2.45, 2.75) is 66.2 Å². The van der Waals surface area contributed by atoms with Gasteiger partial charge in [-0.2, -0.15) is 0 Å². The van der Waals surface area contributed by atoms with Gasteiger partial charge in [0.25, 0.3) is 0 Å². The Balaban J connectivity index is 2.21. The van der Waals surface area contributed by atoms with Gasteiger partial charge in [-0.05, 0) is 71.6 Å². The molecule has 0 aromatic heterocycles. The van der Waals surface area contributed by atoms with Crippen molar-refractivity contribution < 1.29 is 0 Å². The molecular formula is C32H40N2. The molecule has 0 unspecified atom stereocenters. The zero-order chi connectivity index (χ0) is 24.7. The summed E-state index contributed by atoms with van der Waals surface area (Å²) in [6, 6.07) is 26.2. The average Bonchev–Trinajstić information content (AvgIpc) is 2.87. The van der Waals surface area contributed by atoms with Crippen molar-refractivity contribution in [3.8, 4) is 0 Å². The maximum Gasteiger partial charge on any atom is 0.0636 e. The van der Waals surface area contributed by atoms with Crippen LogP contribution in [0.3, 0.4) is 0 Å². The maximum atomic E-state index is 7.03. The first-order chi connectivity index (χ1) is 16.4. The van der Waals surface area contributed by atoms with Crippen LogP contribution < -0.4 is 11.5 Å². The summed E-state index contributed by atoms with van der Waals surface area (Å²) in [5.74, 6) is -0.179. The van der Waals surface area contributed by atoms with Crippen LogP contribution in [0.2, 0.25) is 0 Å². The van der Waals surface area contributed by atoms with Crippen molar-refractivity contribution in [3.63, 3.8) is 0 Å². The third kappa shape index (κ3) is 5.62. The number of benzene rings is 3. The molecule has 178 valence electrons. The van der Waals surface area contributed by atoms with Gasteiger partial charge in [0, 0.05) is 11.4 Å². The molecule has 0 amide bonds. The van der Waals surface area contributed by atoms with Crippen LogP contribution in [-0.4, -0.2) is 0 Å². The first-order valence-corrected chi connectivity index (χ1v) is 12.7. The summed E-state index contributed by atoms with van der Waals surface area (Å²) in [7, 11) is 0. The molecule has 3 rings (SSSR count). The highest BCUT2D eigenvalue weighted by Crippen LogP contribution is 2.37. The van der Waals surface area contributed by atoms with Crippen LogP contribution in [0.5, 0.6) is 0 Å². The third-order valence-electron chi connectivity index (χ3n) is 6.86. The standard InChI is InChI=1S/C32H40N2/c1-6-23-12-18-25(19-13-23)28(8-3)31(33)30(27-16-10-22(5)11-17-27)32(34)29(9-4)26-20-14-24(7-2)15-21-26/h10-21,30H,6-9,33-34H2,1-5H3. The number of allylic oxidation sites excluding steroid dienone is 2. The van der Waals surface area contributed by atoms with Gasteiger partial charge in [0.05, 0.1) is 5.92 Å². The summed E-state index contributed by atoms with van der Waals surface area (Å²) in [4.78, 5) is 0. The Kier molecular flexibility index (Phi) is 8.76. The molecule has 0 saturated carbocycles. The van der Waals surface area contributed by atoms with E-state index in [0.717, 1.165) is 53.8 Å². The monoisotopic (exact) mass is 452 g/mol. The number of rotatable bonds is 9. The Morgan fingerprint density at radius 1 is 0.588 bits per heavy atom. The molecule has 0 saturated heterocycles. The first-order valence-electron chi connectivity index (χ1n) is 12.7. The lowest BCUT2D eigenvalue weighted by Crippen LogP contribution is -2.21. The second kappa shape index (κ2) is 11.7. The van der Waals surface area contributed by atoms with E-state index in [9.17, 15) is 0 Å². The van der Waals surface area contributed by atoms with Crippen LogP contribution in [-0.2, 0) is 12.8 Å². The van der Waals surface area contributed by atoms with Gasteiger partial charge in [-0.1, -0.05) is 106 Å². The molecular weight excluding hydrogens is 412 g/mol. The molecule has 4 N–H and O–H groups in total. The SMILES string of the molecule is CCC(=C(N)C(C(N)=C(CC)c1ccc(CC)cc1)c1ccc(C)cc1)c1ccc(CC)cc1. The smallest absolute Gasteiger partial charge is 0.0636 e. The molecule has 0 heterocycles. The Morgan fingerprint density at radius 2 is 0.971 bits per heavy atom. The highest BCUT2D eigenvalue weighted by molar-refractivity contribution is 5.75. The number of hydrogen-bond donors (Lipinski definition) is 2. The first kappa shape index (κ1) is 25.4. The fourth-order valence-corrected chi connectivity index (χ4v) is 4.67. The van der Waals surface area contributed by atoms with E-state index >= 15 is 0 Å². The van der Waals surface area contributed by atoms with Gasteiger partial charge >= 0.3 is 0 Å². The number of nitrogens with two attached hydrogens (primary N) is 2. The molecule has 3 aromatic rings. The predicted octanol–water partition coefficient (Wildman–Crippen LogP) is 7.76. The van der Waals surface area contributed by atoms with Gasteiger partial charge in [-0.15, -0.1) is 0 Å². The van der Waals surface area contributed by atoms with E-state index in [1.54, 1.807) is 0 Å². The van der Waals surface area contributed by atoms with Crippen LogP contribution in [0.25, 0.3) is 11.1 Å². The molecule has 0 aliphatic heterocycles. The lowest BCUT2D eigenvalue weighted by Gasteiger charge is -2.25. The normalized spacial score (nSPS) is 13.8. The molecule has 34 heavy (non-hydrogen) atoms. The molecule has 0 fully saturated rings. The summed E-state index contributed by atoms with van der Waals surface area (Å²) in [6.07, 6.45) is 3.75. The van der Waals surface area contributed by atoms with E-state index in [0.29, 0.717) is 0 Å². The number of aryl methyl sites for hydroxylation is 3. The summed E-state index contributed by atoms with van der Waals surface area (Å²) in [5.41, 5.74) is 25.4. The molecule has 0 radical (unpaired) electrons. The van der Waals surface area contributed by atoms with Crippen molar-refractivity contribution in [2.24, 2.45) is 11.5 Å². The lowest BCUT2D eigenvalue weighted by molar-refractivity contribution is 0.877. The van der Waals surface area contributed by atoms with E-state index in [2.05, 4.69) is 107 Å². The highest BCUT2D eigenvalue weighted by atomic mass is 14.7. The summed E-state index contributed by atoms with van der Waals surface area (Å²) < 4.78 is 0. The molecule has 0 spiro atoms. The summed E-state index contributed by atoms with van der Waals surface area (Å²) >= 11 is 0. The fourth-order valence-electron chi connectivity index (χ4n) is 4.67. The Morgan fingerprint density at radius 3 is 1.29 bits per heavy atom. The van der Waals surface area contributed by atoms with Crippen LogP contribution in [0.1, 0.15) is 79.8 Å². The van der Waals surface area contributed by atoms with Crippen molar-refractivity contribution in [3.05, 3.63) is 118 Å². The minimum Gasteiger partial charge on any atom is -0.401 e. The number of hydrogen-bond acceptors (Lipinski definition) is 2. The van der Waals surface area contributed by atoms with Gasteiger partial charge in [0.15, 0.2) is 0 Å². The highest BCUT2D eigenvalue weighted by Gasteiger charge is 2.24. The molecule has 2 nitrogen and oxygen atoms in total. The minimum absolute atomic E-state index is 0.179. The van der Waals surface area contributed by atoms with Gasteiger partial charge in [-0.25, -0.2) is 0 Å². The zero-order valence-electron chi connectivity index (χ0n) is 21.5. The topological polar surface area (TPSA) is 52.0 Å². The predicted molar refractivity (Wildman–Crippen MR) is 148 cm³/mol. The summed E-state index contributed by atoms with van der Waals surface area (Å²) in [5, 5.41) is 0. The van der Waals surface area contributed by atoms with Crippen LogP contribution in [0, 0.1) is 6.92 Å². The van der Waals surface area contributed by atoms with Crippen molar-refractivity contribution in [1.82, 2.24) is 0 Å². The molecule has 0 bridgehead atoms. The molecule has 0 atom stereocenters. The van der Waals surface area contributed by atoms with Crippen LogP contribution in [0.15, 0.2) is 84.2 Å². The quantitative estimate of drug-likeness (QED) is 0.348. The Labute approximate surface area is 206 Å². The van der Waals surface area contributed by atoms with Crippen LogP contribution >= 0.6 is 0 Å².